The van der Waals surface area contributed by atoms with Crippen LogP contribution in [-0.4, -0.2) is 43.6 Å². The van der Waals surface area contributed by atoms with Crippen molar-refractivity contribution in [1.82, 2.24) is 9.62 Å². The van der Waals surface area contributed by atoms with Gasteiger partial charge in [-0.25, -0.2) is 17.5 Å². The van der Waals surface area contributed by atoms with E-state index >= 15 is 0 Å². The Morgan fingerprint density at radius 1 is 1.12 bits per heavy atom. The van der Waals surface area contributed by atoms with E-state index in [1.165, 1.54) is 0 Å². The van der Waals surface area contributed by atoms with Crippen LogP contribution in [-0.2, 0) is 10.0 Å². The van der Waals surface area contributed by atoms with Crippen LogP contribution in [0.2, 0.25) is 5.02 Å². The number of carbonyl (C=O) groups excluding carboxylic acids is 1. The fraction of sp³-hybridized carbons (Fsp3) is 0.562. The Morgan fingerprint density at radius 3 is 2.33 bits per heavy atom. The fourth-order valence-electron chi connectivity index (χ4n) is 2.89. The van der Waals surface area contributed by atoms with E-state index in [-0.39, 0.29) is 11.3 Å². The second-order valence-electron chi connectivity index (χ2n) is 6.43. The smallest absolute Gasteiger partial charge is 0.319 e. The lowest BCUT2D eigenvalue weighted by Crippen LogP contribution is -2.43. The molecule has 1 aromatic rings. The maximum atomic E-state index is 12.2. The van der Waals surface area contributed by atoms with E-state index in [2.05, 4.69) is 10.6 Å². The number of hydrogen-bond acceptors (Lipinski definition) is 3. The highest BCUT2D eigenvalue weighted by molar-refractivity contribution is 7.90. The highest BCUT2D eigenvalue weighted by atomic mass is 35.5. The largest absolute Gasteiger partial charge is 0.338 e. The molecular weight excluding hydrogens is 350 g/mol. The lowest BCUT2D eigenvalue weighted by Gasteiger charge is -2.31. The molecule has 1 saturated heterocycles. The van der Waals surface area contributed by atoms with Crippen LogP contribution >= 0.6 is 11.6 Å². The molecule has 1 heterocycles. The summed E-state index contributed by atoms with van der Waals surface area (Å²) in [6.07, 6.45) is 3.17. The molecule has 0 bridgehead atoms. The second-order valence-corrected chi connectivity index (χ2v) is 9.08. The van der Waals surface area contributed by atoms with Gasteiger partial charge in [0, 0.05) is 30.3 Å². The molecule has 24 heavy (non-hydrogen) atoms. The predicted octanol–water partition coefficient (Wildman–Crippen LogP) is 2.67. The summed E-state index contributed by atoms with van der Waals surface area (Å²) in [7, 11) is -3.06. The molecule has 2 N–H and O–H groups in total. The van der Waals surface area contributed by atoms with Gasteiger partial charge in [0.2, 0.25) is 10.0 Å². The fourth-order valence-corrected chi connectivity index (χ4v) is 4.89. The van der Waals surface area contributed by atoms with Crippen LogP contribution in [0.4, 0.5) is 10.5 Å². The summed E-state index contributed by atoms with van der Waals surface area (Å²) in [6, 6.07) is 6.65. The number of carbonyl (C=O) groups is 1. The minimum absolute atomic E-state index is 0.141. The first-order valence-corrected chi connectivity index (χ1v) is 10.1. The molecule has 8 heteroatoms. The van der Waals surface area contributed by atoms with Crippen molar-refractivity contribution in [3.05, 3.63) is 29.3 Å². The highest BCUT2D eigenvalue weighted by Crippen LogP contribution is 2.33. The number of benzene rings is 1. The molecule has 2 amide bonds. The van der Waals surface area contributed by atoms with Gasteiger partial charge in [-0.2, -0.15) is 0 Å². The molecule has 0 spiro atoms. The van der Waals surface area contributed by atoms with Crippen LogP contribution in [0.1, 0.15) is 25.7 Å². The minimum atomic E-state index is -3.06. The number of urea groups is 1. The van der Waals surface area contributed by atoms with Crippen LogP contribution in [0.15, 0.2) is 24.3 Å². The van der Waals surface area contributed by atoms with E-state index in [1.54, 1.807) is 28.6 Å². The topological polar surface area (TPSA) is 78.5 Å². The molecule has 2 fully saturated rings. The van der Waals surface area contributed by atoms with E-state index in [0.29, 0.717) is 36.3 Å². The second kappa shape index (κ2) is 7.29. The average molecular weight is 372 g/mol. The summed E-state index contributed by atoms with van der Waals surface area (Å²) in [5, 5.41) is 6.08. The van der Waals surface area contributed by atoms with Crippen molar-refractivity contribution in [1.29, 1.82) is 0 Å². The summed E-state index contributed by atoms with van der Waals surface area (Å²) >= 11 is 5.80. The minimum Gasteiger partial charge on any atom is -0.338 e. The highest BCUT2D eigenvalue weighted by Gasteiger charge is 2.41. The van der Waals surface area contributed by atoms with Gasteiger partial charge in [0.05, 0.1) is 5.25 Å². The van der Waals surface area contributed by atoms with Gasteiger partial charge < -0.3 is 10.6 Å². The van der Waals surface area contributed by atoms with E-state index < -0.39 is 10.0 Å². The molecular formula is C16H22ClN3O3S. The van der Waals surface area contributed by atoms with Crippen LogP contribution < -0.4 is 10.6 Å². The molecule has 0 radical (unpaired) electrons. The zero-order valence-corrected chi connectivity index (χ0v) is 14.9. The molecule has 0 unspecified atom stereocenters. The molecule has 1 aromatic carbocycles. The number of sulfonamides is 1. The third kappa shape index (κ3) is 4.40. The van der Waals surface area contributed by atoms with Crippen LogP contribution in [0.25, 0.3) is 0 Å². The summed E-state index contributed by atoms with van der Waals surface area (Å²) < 4.78 is 26.0. The Morgan fingerprint density at radius 2 is 1.75 bits per heavy atom. The average Bonchev–Trinajstić information content (AvgIpc) is 3.41. The summed E-state index contributed by atoms with van der Waals surface area (Å²) in [5.41, 5.74) is 0.683. The Hall–Kier alpha value is -1.31. The van der Waals surface area contributed by atoms with Gasteiger partial charge in [0.1, 0.15) is 0 Å². The standard InChI is InChI=1S/C16H22ClN3O3S/c17-13-1-3-14(4-2-13)19-16(21)18-11-12-7-9-20(10-8-12)24(22,23)15-5-6-15/h1-4,12,15H,5-11H2,(H2,18,19,21). The summed E-state index contributed by atoms with van der Waals surface area (Å²) in [5.74, 6) is 0.312. The number of amides is 2. The molecule has 0 aromatic heterocycles. The van der Waals surface area contributed by atoms with Gasteiger partial charge in [0.25, 0.3) is 0 Å². The molecule has 3 rings (SSSR count). The van der Waals surface area contributed by atoms with Crippen molar-refractivity contribution in [2.45, 2.75) is 30.9 Å². The zero-order valence-electron chi connectivity index (χ0n) is 13.4. The molecule has 2 aliphatic rings. The molecule has 6 nitrogen and oxygen atoms in total. The molecule has 0 atom stereocenters. The van der Waals surface area contributed by atoms with Crippen molar-refractivity contribution >= 4 is 33.3 Å². The first-order valence-electron chi connectivity index (χ1n) is 8.24. The van der Waals surface area contributed by atoms with Gasteiger partial charge in [-0.1, -0.05) is 11.6 Å². The number of rotatable bonds is 5. The van der Waals surface area contributed by atoms with Gasteiger partial charge in [-0.3, -0.25) is 0 Å². The van der Waals surface area contributed by atoms with Gasteiger partial charge >= 0.3 is 6.03 Å². The lowest BCUT2D eigenvalue weighted by atomic mass is 9.98. The van der Waals surface area contributed by atoms with Crippen LogP contribution in [0.3, 0.4) is 0 Å². The Bertz CT molecular complexity index is 681. The van der Waals surface area contributed by atoms with Crippen molar-refractivity contribution in [2.75, 3.05) is 25.0 Å². The number of nitrogens with zero attached hydrogens (tertiary/aromatic N) is 1. The monoisotopic (exact) mass is 371 g/mol. The maximum absolute atomic E-state index is 12.2. The number of hydrogen-bond donors (Lipinski definition) is 2. The third-order valence-corrected chi connectivity index (χ3v) is 7.18. The van der Waals surface area contributed by atoms with Crippen molar-refractivity contribution in [3.63, 3.8) is 0 Å². The first kappa shape index (κ1) is 17.5. The quantitative estimate of drug-likeness (QED) is 0.835. The van der Waals surface area contributed by atoms with E-state index in [9.17, 15) is 13.2 Å². The lowest BCUT2D eigenvalue weighted by molar-refractivity contribution is 0.240. The first-order chi connectivity index (χ1) is 11.4. The molecule has 1 saturated carbocycles. The molecule has 132 valence electrons. The number of piperidine rings is 1. The van der Waals surface area contributed by atoms with Gasteiger partial charge in [0.15, 0.2) is 0 Å². The molecule has 1 aliphatic heterocycles. The van der Waals surface area contributed by atoms with Gasteiger partial charge in [-0.05, 0) is 55.9 Å². The zero-order chi connectivity index (χ0) is 17.2. The Kier molecular flexibility index (Phi) is 5.32. The third-order valence-electron chi connectivity index (χ3n) is 4.53. The SMILES string of the molecule is O=C(NCC1CCN(S(=O)(=O)C2CC2)CC1)Nc1ccc(Cl)cc1. The molecule has 1 aliphatic carbocycles. The predicted molar refractivity (Wildman–Crippen MR) is 94.7 cm³/mol. The number of nitrogens with one attached hydrogen (secondary N) is 2. The normalized spacial score (nSPS) is 19.9. The van der Waals surface area contributed by atoms with Crippen LogP contribution in [0.5, 0.6) is 0 Å². The van der Waals surface area contributed by atoms with Crippen LogP contribution in [0, 0.1) is 5.92 Å². The van der Waals surface area contributed by atoms with E-state index in [1.807, 2.05) is 0 Å². The van der Waals surface area contributed by atoms with Crippen molar-refractivity contribution in [3.8, 4) is 0 Å². The van der Waals surface area contributed by atoms with E-state index in [0.717, 1.165) is 25.7 Å². The number of halogens is 1. The van der Waals surface area contributed by atoms with Gasteiger partial charge in [-0.15, -0.1) is 0 Å². The van der Waals surface area contributed by atoms with E-state index in [4.69, 9.17) is 11.6 Å². The van der Waals surface area contributed by atoms with Crippen molar-refractivity contribution in [2.24, 2.45) is 5.92 Å². The Balaban J connectivity index is 1.40. The summed E-state index contributed by atoms with van der Waals surface area (Å²) in [6.45, 7) is 1.67. The van der Waals surface area contributed by atoms with Crippen molar-refractivity contribution < 1.29 is 13.2 Å². The number of anilines is 1. The Labute approximate surface area is 147 Å². The summed E-state index contributed by atoms with van der Waals surface area (Å²) in [4.78, 5) is 11.9. The maximum Gasteiger partial charge on any atom is 0.319 e.